The third kappa shape index (κ3) is 2.48. The smallest absolute Gasteiger partial charge is 0.251 e. The highest BCUT2D eigenvalue weighted by molar-refractivity contribution is 6.30. The normalized spacial score (nSPS) is 14.3. The topological polar surface area (TPSA) is 64.7 Å². The van der Waals surface area contributed by atoms with Crippen molar-refractivity contribution in [3.05, 3.63) is 47.0 Å². The minimum atomic E-state index is 0.426. The molecule has 0 radical (unpaired) electrons. The van der Waals surface area contributed by atoms with Crippen LogP contribution in [-0.4, -0.2) is 20.2 Å². The highest BCUT2D eigenvalue weighted by atomic mass is 35.5. The van der Waals surface area contributed by atoms with E-state index in [9.17, 15) is 0 Å². The van der Waals surface area contributed by atoms with Gasteiger partial charge >= 0.3 is 0 Å². The van der Waals surface area contributed by atoms with Gasteiger partial charge in [0.2, 0.25) is 5.89 Å². The van der Waals surface area contributed by atoms with E-state index in [2.05, 4.69) is 20.2 Å². The highest BCUT2D eigenvalue weighted by Gasteiger charge is 2.27. The van der Waals surface area contributed by atoms with E-state index in [4.69, 9.17) is 16.0 Å². The number of aryl methyl sites for hydroxylation is 1. The lowest BCUT2D eigenvalue weighted by molar-refractivity contribution is 0.583. The van der Waals surface area contributed by atoms with E-state index in [0.717, 1.165) is 22.6 Å². The van der Waals surface area contributed by atoms with Crippen molar-refractivity contribution in [2.75, 3.05) is 0 Å². The molecule has 0 N–H and O–H groups in total. The van der Waals surface area contributed by atoms with Crippen molar-refractivity contribution >= 4 is 11.6 Å². The molecule has 1 saturated carbocycles. The van der Waals surface area contributed by atoms with E-state index >= 15 is 0 Å². The van der Waals surface area contributed by atoms with Crippen LogP contribution in [0, 0.1) is 6.92 Å². The van der Waals surface area contributed by atoms with Crippen LogP contribution in [0.5, 0.6) is 0 Å². The molecule has 5 nitrogen and oxygen atoms in total. The standard InChI is InChI=1S/C16H13ClN4O/c1-9-13(8-18-14(19-9)10-5-6-10)16-21-20-15(22-16)11-3-2-4-12(17)7-11/h2-4,7-8,10H,5-6H2,1H3. The van der Waals surface area contributed by atoms with Gasteiger partial charge in [-0.2, -0.15) is 0 Å². The Hall–Kier alpha value is -2.27. The molecule has 1 fully saturated rings. The molecule has 1 aliphatic rings. The van der Waals surface area contributed by atoms with Crippen LogP contribution in [0.25, 0.3) is 22.9 Å². The summed E-state index contributed by atoms with van der Waals surface area (Å²) in [5.41, 5.74) is 2.42. The van der Waals surface area contributed by atoms with Crippen LogP contribution in [0.2, 0.25) is 5.02 Å². The highest BCUT2D eigenvalue weighted by Crippen LogP contribution is 2.38. The van der Waals surface area contributed by atoms with Crippen molar-refractivity contribution < 1.29 is 4.42 Å². The molecule has 0 saturated heterocycles. The molecule has 4 rings (SSSR count). The Morgan fingerprint density at radius 2 is 2.00 bits per heavy atom. The van der Waals surface area contributed by atoms with E-state index in [1.807, 2.05) is 19.1 Å². The molecular weight excluding hydrogens is 300 g/mol. The first kappa shape index (κ1) is 13.4. The molecule has 1 aliphatic carbocycles. The lowest BCUT2D eigenvalue weighted by atomic mass is 10.2. The van der Waals surface area contributed by atoms with Gasteiger partial charge in [-0.25, -0.2) is 9.97 Å². The van der Waals surface area contributed by atoms with E-state index in [1.54, 1.807) is 18.3 Å². The fraction of sp³-hybridized carbons (Fsp3) is 0.250. The van der Waals surface area contributed by atoms with Gasteiger partial charge in [0.25, 0.3) is 5.89 Å². The maximum absolute atomic E-state index is 5.99. The van der Waals surface area contributed by atoms with Crippen molar-refractivity contribution in [3.8, 4) is 22.9 Å². The summed E-state index contributed by atoms with van der Waals surface area (Å²) in [7, 11) is 0. The molecule has 2 heterocycles. The summed E-state index contributed by atoms with van der Waals surface area (Å²) in [6.07, 6.45) is 4.13. The minimum Gasteiger partial charge on any atom is -0.416 e. The molecular formula is C16H13ClN4O. The zero-order chi connectivity index (χ0) is 15.1. The fourth-order valence-corrected chi connectivity index (χ4v) is 2.49. The quantitative estimate of drug-likeness (QED) is 0.730. The molecule has 2 aromatic heterocycles. The predicted molar refractivity (Wildman–Crippen MR) is 82.5 cm³/mol. The summed E-state index contributed by atoms with van der Waals surface area (Å²) in [5, 5.41) is 8.82. The van der Waals surface area contributed by atoms with Gasteiger partial charge in [-0.3, -0.25) is 0 Å². The zero-order valence-corrected chi connectivity index (χ0v) is 12.7. The van der Waals surface area contributed by atoms with Gasteiger partial charge in [0.1, 0.15) is 5.82 Å². The summed E-state index contributed by atoms with van der Waals surface area (Å²) in [6, 6.07) is 7.32. The number of rotatable bonds is 3. The molecule has 6 heteroatoms. The molecule has 0 aliphatic heterocycles. The number of hydrogen-bond donors (Lipinski definition) is 0. The Kier molecular flexibility index (Phi) is 3.15. The second kappa shape index (κ2) is 5.18. The predicted octanol–water partition coefficient (Wildman–Crippen LogP) is 4.03. The Labute approximate surface area is 132 Å². The first-order valence-electron chi connectivity index (χ1n) is 7.14. The summed E-state index contributed by atoms with van der Waals surface area (Å²) in [4.78, 5) is 8.96. The summed E-state index contributed by atoms with van der Waals surface area (Å²) >= 11 is 5.99. The van der Waals surface area contributed by atoms with Crippen molar-refractivity contribution in [2.24, 2.45) is 0 Å². The van der Waals surface area contributed by atoms with Gasteiger partial charge in [-0.15, -0.1) is 10.2 Å². The van der Waals surface area contributed by atoms with Crippen LogP contribution in [-0.2, 0) is 0 Å². The van der Waals surface area contributed by atoms with Crippen molar-refractivity contribution in [3.63, 3.8) is 0 Å². The summed E-state index contributed by atoms with van der Waals surface area (Å²) in [5.74, 6) is 2.30. The fourth-order valence-electron chi connectivity index (χ4n) is 2.30. The van der Waals surface area contributed by atoms with Crippen LogP contribution in [0.15, 0.2) is 34.9 Å². The van der Waals surface area contributed by atoms with E-state index in [1.165, 1.54) is 12.8 Å². The van der Waals surface area contributed by atoms with Crippen LogP contribution in [0.1, 0.15) is 30.3 Å². The number of benzene rings is 1. The molecule has 22 heavy (non-hydrogen) atoms. The van der Waals surface area contributed by atoms with E-state index in [-0.39, 0.29) is 0 Å². The zero-order valence-electron chi connectivity index (χ0n) is 12.0. The van der Waals surface area contributed by atoms with Crippen LogP contribution < -0.4 is 0 Å². The maximum Gasteiger partial charge on any atom is 0.251 e. The average Bonchev–Trinajstić information content (AvgIpc) is 3.25. The van der Waals surface area contributed by atoms with Crippen molar-refractivity contribution in [2.45, 2.75) is 25.7 Å². The first-order chi connectivity index (χ1) is 10.7. The first-order valence-corrected chi connectivity index (χ1v) is 7.52. The number of halogens is 1. The molecule has 110 valence electrons. The molecule has 1 aromatic carbocycles. The Morgan fingerprint density at radius 1 is 1.18 bits per heavy atom. The Balaban J connectivity index is 1.69. The average molecular weight is 313 g/mol. The Bertz CT molecular complexity index is 842. The molecule has 3 aromatic rings. The lowest BCUT2D eigenvalue weighted by Gasteiger charge is -2.02. The maximum atomic E-state index is 5.99. The van der Waals surface area contributed by atoms with Crippen molar-refractivity contribution in [1.29, 1.82) is 0 Å². The molecule has 0 spiro atoms. The number of aromatic nitrogens is 4. The van der Waals surface area contributed by atoms with Crippen LogP contribution in [0.4, 0.5) is 0 Å². The minimum absolute atomic E-state index is 0.426. The van der Waals surface area contributed by atoms with Crippen LogP contribution in [0.3, 0.4) is 0 Å². The molecule has 0 amide bonds. The van der Waals surface area contributed by atoms with Crippen molar-refractivity contribution in [1.82, 2.24) is 20.2 Å². The molecule has 0 atom stereocenters. The van der Waals surface area contributed by atoms with E-state index in [0.29, 0.717) is 22.7 Å². The SMILES string of the molecule is Cc1nc(C2CC2)ncc1-c1nnc(-c2cccc(Cl)c2)o1. The lowest BCUT2D eigenvalue weighted by Crippen LogP contribution is -1.97. The molecule has 0 unspecified atom stereocenters. The Morgan fingerprint density at radius 3 is 2.73 bits per heavy atom. The largest absolute Gasteiger partial charge is 0.416 e. The summed E-state index contributed by atoms with van der Waals surface area (Å²) in [6.45, 7) is 1.94. The number of hydrogen-bond acceptors (Lipinski definition) is 5. The number of nitrogens with zero attached hydrogens (tertiary/aromatic N) is 4. The van der Waals surface area contributed by atoms with Gasteiger partial charge in [-0.05, 0) is 38.0 Å². The second-order valence-corrected chi connectivity index (χ2v) is 5.86. The van der Waals surface area contributed by atoms with Gasteiger partial charge in [0.05, 0.1) is 11.3 Å². The van der Waals surface area contributed by atoms with E-state index < -0.39 is 0 Å². The monoisotopic (exact) mass is 312 g/mol. The third-order valence-electron chi connectivity index (χ3n) is 3.67. The van der Waals surface area contributed by atoms with Crippen LogP contribution >= 0.6 is 11.6 Å². The van der Waals surface area contributed by atoms with Gasteiger partial charge in [-0.1, -0.05) is 17.7 Å². The third-order valence-corrected chi connectivity index (χ3v) is 3.90. The second-order valence-electron chi connectivity index (χ2n) is 5.42. The van der Waals surface area contributed by atoms with Gasteiger partial charge in [0, 0.05) is 22.7 Å². The summed E-state index contributed by atoms with van der Waals surface area (Å²) < 4.78 is 5.75. The molecule has 0 bridgehead atoms. The van der Waals surface area contributed by atoms with Gasteiger partial charge < -0.3 is 4.42 Å². The van der Waals surface area contributed by atoms with Gasteiger partial charge in [0.15, 0.2) is 0 Å².